The molecule has 5 rings (SSSR count). The standard InChI is InChI=1S/C26H22N6O3/c33-24(25(34)30-22-15-28-31(17-22)16-18-5-2-1-3-6-18)29-21-8-9-23-19(13-21)10-12-32(23)26(35)20-7-4-11-27-14-20/h1-9,11,13-15,17H,10,12,16H2,(H,29,33)(H,30,34). The average Bonchev–Trinajstić information content (AvgIpc) is 3.51. The van der Waals surface area contributed by atoms with E-state index in [9.17, 15) is 14.4 Å². The Bertz CT molecular complexity index is 1380. The molecule has 1 aliphatic heterocycles. The monoisotopic (exact) mass is 466 g/mol. The Morgan fingerprint density at radius 1 is 0.886 bits per heavy atom. The topological polar surface area (TPSA) is 109 Å². The molecule has 3 amide bonds. The number of hydrogen-bond acceptors (Lipinski definition) is 5. The Hall–Kier alpha value is -4.79. The first kappa shape index (κ1) is 22.0. The maximum atomic E-state index is 12.8. The van der Waals surface area contributed by atoms with E-state index in [4.69, 9.17) is 0 Å². The van der Waals surface area contributed by atoms with E-state index in [2.05, 4.69) is 20.7 Å². The predicted molar refractivity (Wildman–Crippen MR) is 131 cm³/mol. The summed E-state index contributed by atoms with van der Waals surface area (Å²) in [5.41, 5.74) is 4.21. The van der Waals surface area contributed by atoms with E-state index >= 15 is 0 Å². The highest BCUT2D eigenvalue weighted by atomic mass is 16.2. The minimum Gasteiger partial charge on any atom is -0.318 e. The summed E-state index contributed by atoms with van der Waals surface area (Å²) in [5, 5.41) is 9.41. The van der Waals surface area contributed by atoms with E-state index in [1.54, 1.807) is 58.5 Å². The molecule has 0 bridgehead atoms. The number of nitrogens with one attached hydrogen (secondary N) is 2. The molecule has 2 aromatic carbocycles. The summed E-state index contributed by atoms with van der Waals surface area (Å²) in [4.78, 5) is 43.3. The van der Waals surface area contributed by atoms with Crippen molar-refractivity contribution < 1.29 is 14.4 Å². The molecule has 2 N–H and O–H groups in total. The number of anilines is 3. The highest BCUT2D eigenvalue weighted by molar-refractivity contribution is 6.43. The second kappa shape index (κ2) is 9.60. The largest absolute Gasteiger partial charge is 0.318 e. The van der Waals surface area contributed by atoms with Crippen molar-refractivity contribution in [2.45, 2.75) is 13.0 Å². The van der Waals surface area contributed by atoms with Gasteiger partial charge < -0.3 is 15.5 Å². The molecule has 0 fully saturated rings. The maximum Gasteiger partial charge on any atom is 0.314 e. The molecule has 35 heavy (non-hydrogen) atoms. The fraction of sp³-hybridized carbons (Fsp3) is 0.115. The van der Waals surface area contributed by atoms with Gasteiger partial charge in [-0.2, -0.15) is 5.10 Å². The van der Waals surface area contributed by atoms with Crippen molar-refractivity contribution in [3.8, 4) is 0 Å². The highest BCUT2D eigenvalue weighted by Crippen LogP contribution is 2.31. The third kappa shape index (κ3) is 4.93. The summed E-state index contributed by atoms with van der Waals surface area (Å²) in [6.45, 7) is 1.09. The maximum absolute atomic E-state index is 12.8. The number of rotatable bonds is 5. The minimum absolute atomic E-state index is 0.124. The van der Waals surface area contributed by atoms with Crippen LogP contribution in [0, 0.1) is 0 Å². The summed E-state index contributed by atoms with van der Waals surface area (Å²) in [5.74, 6) is -1.71. The van der Waals surface area contributed by atoms with Crippen molar-refractivity contribution in [2.75, 3.05) is 22.1 Å². The van der Waals surface area contributed by atoms with Crippen molar-refractivity contribution >= 4 is 34.8 Å². The molecule has 1 aliphatic rings. The van der Waals surface area contributed by atoms with Gasteiger partial charge in [-0.1, -0.05) is 30.3 Å². The quantitative estimate of drug-likeness (QED) is 0.439. The normalized spacial score (nSPS) is 12.2. The molecule has 3 heterocycles. The third-order valence-electron chi connectivity index (χ3n) is 5.67. The lowest BCUT2D eigenvalue weighted by molar-refractivity contribution is -0.132. The van der Waals surface area contributed by atoms with Gasteiger partial charge in [0.25, 0.3) is 5.91 Å². The number of hydrogen-bond donors (Lipinski definition) is 2. The lowest BCUT2D eigenvalue weighted by atomic mass is 10.1. The molecular formula is C26H22N6O3. The van der Waals surface area contributed by atoms with Gasteiger partial charge in [-0.25, -0.2) is 0 Å². The van der Waals surface area contributed by atoms with Crippen LogP contribution in [0.1, 0.15) is 21.5 Å². The summed E-state index contributed by atoms with van der Waals surface area (Å²) in [6.07, 6.45) is 6.98. The van der Waals surface area contributed by atoms with E-state index in [0.29, 0.717) is 36.4 Å². The number of carbonyl (C=O) groups excluding carboxylic acids is 3. The van der Waals surface area contributed by atoms with Crippen LogP contribution in [0.15, 0.2) is 85.5 Å². The Labute approximate surface area is 201 Å². The van der Waals surface area contributed by atoms with Crippen LogP contribution in [0.4, 0.5) is 17.1 Å². The molecule has 4 aromatic rings. The van der Waals surface area contributed by atoms with E-state index < -0.39 is 11.8 Å². The molecule has 9 heteroatoms. The van der Waals surface area contributed by atoms with Crippen molar-refractivity contribution in [3.63, 3.8) is 0 Å². The zero-order valence-corrected chi connectivity index (χ0v) is 18.7. The molecule has 0 spiro atoms. The second-order valence-corrected chi connectivity index (χ2v) is 8.11. The number of carbonyl (C=O) groups is 3. The van der Waals surface area contributed by atoms with Crippen LogP contribution in [0.5, 0.6) is 0 Å². The summed E-state index contributed by atoms with van der Waals surface area (Å²) in [6, 6.07) is 18.5. The molecule has 0 aliphatic carbocycles. The van der Waals surface area contributed by atoms with Crippen LogP contribution in [0.25, 0.3) is 0 Å². The van der Waals surface area contributed by atoms with Crippen LogP contribution in [-0.4, -0.2) is 39.0 Å². The van der Waals surface area contributed by atoms with Crippen LogP contribution >= 0.6 is 0 Å². The van der Waals surface area contributed by atoms with Gasteiger partial charge in [0.05, 0.1) is 24.0 Å². The Morgan fingerprint density at radius 2 is 1.69 bits per heavy atom. The number of benzene rings is 2. The molecule has 0 atom stereocenters. The van der Waals surface area contributed by atoms with Gasteiger partial charge in [-0.3, -0.25) is 24.0 Å². The lowest BCUT2D eigenvalue weighted by Crippen LogP contribution is -2.29. The summed E-state index contributed by atoms with van der Waals surface area (Å²) < 4.78 is 1.68. The van der Waals surface area contributed by atoms with E-state index in [1.807, 2.05) is 30.3 Å². The fourth-order valence-electron chi connectivity index (χ4n) is 4.00. The van der Waals surface area contributed by atoms with Crippen molar-refractivity contribution in [2.24, 2.45) is 0 Å². The summed E-state index contributed by atoms with van der Waals surface area (Å²) >= 11 is 0. The molecule has 2 aromatic heterocycles. The van der Waals surface area contributed by atoms with Crippen LogP contribution < -0.4 is 15.5 Å². The van der Waals surface area contributed by atoms with Gasteiger partial charge in [0.1, 0.15) is 0 Å². The van der Waals surface area contributed by atoms with Crippen molar-refractivity contribution in [1.29, 1.82) is 0 Å². The molecule has 0 saturated carbocycles. The Balaban J connectivity index is 1.20. The summed E-state index contributed by atoms with van der Waals surface area (Å²) in [7, 11) is 0. The van der Waals surface area contributed by atoms with Gasteiger partial charge >= 0.3 is 11.8 Å². The first-order valence-corrected chi connectivity index (χ1v) is 11.1. The molecule has 0 saturated heterocycles. The van der Waals surface area contributed by atoms with Crippen molar-refractivity contribution in [1.82, 2.24) is 14.8 Å². The zero-order chi connectivity index (χ0) is 24.2. The van der Waals surface area contributed by atoms with Gasteiger partial charge in [0.2, 0.25) is 0 Å². The van der Waals surface area contributed by atoms with Gasteiger partial charge in [-0.05, 0) is 47.9 Å². The van der Waals surface area contributed by atoms with Gasteiger partial charge in [-0.15, -0.1) is 0 Å². The van der Waals surface area contributed by atoms with E-state index in [-0.39, 0.29) is 5.91 Å². The molecule has 9 nitrogen and oxygen atoms in total. The number of pyridine rings is 1. The highest BCUT2D eigenvalue weighted by Gasteiger charge is 2.26. The smallest absolute Gasteiger partial charge is 0.314 e. The first-order chi connectivity index (χ1) is 17.1. The molecular weight excluding hydrogens is 444 g/mol. The predicted octanol–water partition coefficient (Wildman–Crippen LogP) is 3.11. The molecule has 174 valence electrons. The molecule has 0 radical (unpaired) electrons. The second-order valence-electron chi connectivity index (χ2n) is 8.11. The third-order valence-corrected chi connectivity index (χ3v) is 5.67. The Kier molecular flexibility index (Phi) is 6.04. The fourth-order valence-corrected chi connectivity index (χ4v) is 4.00. The van der Waals surface area contributed by atoms with E-state index in [1.165, 1.54) is 6.20 Å². The number of nitrogens with zero attached hydrogens (tertiary/aromatic N) is 4. The number of aromatic nitrogens is 3. The van der Waals surface area contributed by atoms with Crippen LogP contribution in [-0.2, 0) is 22.6 Å². The molecule has 0 unspecified atom stereocenters. The number of fused-ring (bicyclic) bond motifs is 1. The van der Waals surface area contributed by atoms with Crippen molar-refractivity contribution in [3.05, 3.63) is 102 Å². The number of amides is 3. The average molecular weight is 467 g/mol. The van der Waals surface area contributed by atoms with E-state index in [0.717, 1.165) is 16.8 Å². The lowest BCUT2D eigenvalue weighted by Gasteiger charge is -2.17. The Morgan fingerprint density at radius 3 is 2.46 bits per heavy atom. The van der Waals surface area contributed by atoms with Gasteiger partial charge in [0.15, 0.2) is 0 Å². The van der Waals surface area contributed by atoms with Crippen LogP contribution in [0.2, 0.25) is 0 Å². The first-order valence-electron chi connectivity index (χ1n) is 11.1. The van der Waals surface area contributed by atoms with Gasteiger partial charge in [0, 0.05) is 36.5 Å². The van der Waals surface area contributed by atoms with Crippen LogP contribution in [0.3, 0.4) is 0 Å². The SMILES string of the molecule is O=C(Nc1ccc2c(c1)CCN2C(=O)c1cccnc1)C(=O)Nc1cnn(Cc2ccccc2)c1. The minimum atomic E-state index is -0.793. The zero-order valence-electron chi connectivity index (χ0n) is 18.7.